The highest BCUT2D eigenvalue weighted by molar-refractivity contribution is 7.84. The van der Waals surface area contributed by atoms with E-state index in [1.54, 1.807) is 36.7 Å². The molecule has 0 unspecified atom stereocenters. The van der Waals surface area contributed by atoms with Crippen LogP contribution in [0.3, 0.4) is 0 Å². The van der Waals surface area contributed by atoms with Crippen LogP contribution in [0.2, 0.25) is 0 Å². The molecule has 0 saturated carbocycles. The summed E-state index contributed by atoms with van der Waals surface area (Å²) >= 11 is 0. The smallest absolute Gasteiger partial charge is 0.324 e. The van der Waals surface area contributed by atoms with Gasteiger partial charge in [-0.3, -0.25) is 9.23 Å². The third-order valence-electron chi connectivity index (χ3n) is 4.53. The first-order chi connectivity index (χ1) is 13.7. The number of fused-ring (bicyclic) bond motifs is 1. The zero-order chi connectivity index (χ0) is 20.8. The Bertz CT molecular complexity index is 1310. The topological polar surface area (TPSA) is 115 Å². The Morgan fingerprint density at radius 3 is 2.66 bits per heavy atom. The van der Waals surface area contributed by atoms with E-state index in [0.717, 1.165) is 20.8 Å². The molecule has 4 rings (SSSR count). The summed E-state index contributed by atoms with van der Waals surface area (Å²) in [6, 6.07) is 6.93. The van der Waals surface area contributed by atoms with E-state index in [1.165, 1.54) is 6.20 Å². The number of hydrogen-bond donors (Lipinski definition) is 2. The molecule has 150 valence electrons. The molecule has 29 heavy (non-hydrogen) atoms. The Labute approximate surface area is 167 Å². The fourth-order valence-corrected chi connectivity index (χ4v) is 3.69. The Hall–Kier alpha value is -3.24. The number of hydrogen-bond acceptors (Lipinski definition) is 6. The maximum absolute atomic E-state index is 11.4. The van der Waals surface area contributed by atoms with Gasteiger partial charge in [0.2, 0.25) is 5.95 Å². The maximum Gasteiger partial charge on any atom is 0.363 e. The summed E-state index contributed by atoms with van der Waals surface area (Å²) in [7, 11) is -4.34. The molecule has 0 saturated heterocycles. The summed E-state index contributed by atoms with van der Waals surface area (Å²) < 4.78 is 34.8. The van der Waals surface area contributed by atoms with Gasteiger partial charge in [0.15, 0.2) is 0 Å². The molecular weight excluding hydrogens is 392 g/mol. The number of rotatable bonds is 5. The summed E-state index contributed by atoms with van der Waals surface area (Å²) in [6.45, 7) is 6.06. The molecular formula is C19H20N6O3S. The predicted octanol–water partition coefficient (Wildman–Crippen LogP) is 3.58. The van der Waals surface area contributed by atoms with Crippen molar-refractivity contribution >= 4 is 32.8 Å². The Morgan fingerprint density at radius 2 is 1.97 bits per heavy atom. The van der Waals surface area contributed by atoms with Gasteiger partial charge in [-0.15, -0.1) is 0 Å². The Balaban J connectivity index is 1.66. The number of anilines is 2. The van der Waals surface area contributed by atoms with Crippen molar-refractivity contribution in [1.82, 2.24) is 23.7 Å². The fraction of sp³-hybridized carbons (Fsp3) is 0.211. The standard InChI is InChI=1S/C19H20N6O3S/c1-12(2)24-11-15(10-21-24)18-13(3)9-20-19(23-18)22-16-4-5-17-14(8-16)6-7-25(17)29(26,27)28/h4-12H,1-3H3,(H,20,22,23)(H,26,27,28). The van der Waals surface area contributed by atoms with E-state index < -0.39 is 10.3 Å². The molecule has 1 aromatic carbocycles. The third-order valence-corrected chi connectivity index (χ3v) is 5.35. The van der Waals surface area contributed by atoms with Crippen LogP contribution in [0.1, 0.15) is 25.5 Å². The lowest BCUT2D eigenvalue weighted by molar-refractivity contribution is 0.474. The minimum atomic E-state index is -4.34. The molecule has 4 aromatic rings. The minimum absolute atomic E-state index is 0.255. The molecule has 0 fully saturated rings. The number of nitrogens with one attached hydrogen (secondary N) is 1. The van der Waals surface area contributed by atoms with Crippen LogP contribution in [0.25, 0.3) is 22.2 Å². The van der Waals surface area contributed by atoms with Gasteiger partial charge >= 0.3 is 10.3 Å². The van der Waals surface area contributed by atoms with Crippen molar-refractivity contribution in [3.63, 3.8) is 0 Å². The number of nitrogens with zero attached hydrogens (tertiary/aromatic N) is 5. The quantitative estimate of drug-likeness (QED) is 0.481. The van der Waals surface area contributed by atoms with E-state index in [4.69, 9.17) is 0 Å². The van der Waals surface area contributed by atoms with E-state index in [9.17, 15) is 13.0 Å². The van der Waals surface area contributed by atoms with Gasteiger partial charge in [0.05, 0.1) is 17.4 Å². The largest absolute Gasteiger partial charge is 0.363 e. The molecule has 3 heterocycles. The van der Waals surface area contributed by atoms with Crippen LogP contribution < -0.4 is 5.32 Å². The molecule has 2 N–H and O–H groups in total. The SMILES string of the molecule is Cc1cnc(Nc2ccc3c(ccn3S(=O)(=O)O)c2)nc1-c1cnn(C(C)C)c1. The van der Waals surface area contributed by atoms with E-state index >= 15 is 0 Å². The zero-order valence-electron chi connectivity index (χ0n) is 16.1. The lowest BCUT2D eigenvalue weighted by Gasteiger charge is -2.09. The molecule has 9 nitrogen and oxygen atoms in total. The summed E-state index contributed by atoms with van der Waals surface area (Å²) in [4.78, 5) is 8.95. The molecule has 0 aliphatic rings. The van der Waals surface area contributed by atoms with E-state index in [-0.39, 0.29) is 6.04 Å². The average molecular weight is 412 g/mol. The van der Waals surface area contributed by atoms with Crippen molar-refractivity contribution in [2.45, 2.75) is 26.8 Å². The number of aryl methyl sites for hydroxylation is 1. The summed E-state index contributed by atoms with van der Waals surface area (Å²) in [5, 5.41) is 8.16. The lowest BCUT2D eigenvalue weighted by Crippen LogP contribution is -2.08. The average Bonchev–Trinajstić information content (AvgIpc) is 3.29. The van der Waals surface area contributed by atoms with Gasteiger partial charge in [-0.1, -0.05) is 0 Å². The fourth-order valence-electron chi connectivity index (χ4n) is 3.06. The van der Waals surface area contributed by atoms with Crippen LogP contribution >= 0.6 is 0 Å². The highest BCUT2D eigenvalue weighted by Crippen LogP contribution is 2.26. The molecule has 10 heteroatoms. The van der Waals surface area contributed by atoms with Crippen molar-refractivity contribution in [2.24, 2.45) is 0 Å². The Morgan fingerprint density at radius 1 is 1.17 bits per heavy atom. The Kier molecular flexibility index (Phi) is 4.59. The van der Waals surface area contributed by atoms with Crippen molar-refractivity contribution in [1.29, 1.82) is 0 Å². The molecule has 0 amide bonds. The van der Waals surface area contributed by atoms with Crippen LogP contribution in [-0.2, 0) is 10.3 Å². The first-order valence-corrected chi connectivity index (χ1v) is 10.4. The van der Waals surface area contributed by atoms with Crippen molar-refractivity contribution < 1.29 is 13.0 Å². The highest BCUT2D eigenvalue weighted by Gasteiger charge is 2.13. The van der Waals surface area contributed by atoms with Gasteiger partial charge in [0.1, 0.15) is 0 Å². The molecule has 0 radical (unpaired) electrons. The summed E-state index contributed by atoms with van der Waals surface area (Å²) in [6.07, 6.45) is 6.78. The molecule has 3 aromatic heterocycles. The van der Waals surface area contributed by atoms with Gasteiger partial charge in [0, 0.05) is 41.3 Å². The first-order valence-electron chi connectivity index (χ1n) is 8.96. The second-order valence-electron chi connectivity index (χ2n) is 7.02. The first kappa shape index (κ1) is 19.1. The van der Waals surface area contributed by atoms with Crippen LogP contribution in [0.15, 0.2) is 49.1 Å². The van der Waals surface area contributed by atoms with Gasteiger partial charge in [0.25, 0.3) is 0 Å². The second-order valence-corrected chi connectivity index (χ2v) is 8.31. The van der Waals surface area contributed by atoms with Gasteiger partial charge in [-0.2, -0.15) is 13.5 Å². The van der Waals surface area contributed by atoms with Crippen LogP contribution in [0, 0.1) is 6.92 Å². The van der Waals surface area contributed by atoms with Gasteiger partial charge in [-0.05, 0) is 50.6 Å². The third kappa shape index (κ3) is 3.71. The van der Waals surface area contributed by atoms with Crippen LogP contribution in [-0.4, -0.2) is 36.7 Å². The minimum Gasteiger partial charge on any atom is -0.324 e. The molecule has 0 spiro atoms. The van der Waals surface area contributed by atoms with E-state index in [0.29, 0.717) is 22.5 Å². The summed E-state index contributed by atoms with van der Waals surface area (Å²) in [5.41, 5.74) is 3.69. The molecule has 0 aliphatic heterocycles. The van der Waals surface area contributed by atoms with Crippen molar-refractivity contribution in [3.05, 3.63) is 54.6 Å². The normalized spacial score (nSPS) is 12.0. The van der Waals surface area contributed by atoms with Crippen LogP contribution in [0.4, 0.5) is 11.6 Å². The molecule has 0 atom stereocenters. The van der Waals surface area contributed by atoms with E-state index in [1.807, 2.05) is 17.8 Å². The van der Waals surface area contributed by atoms with Crippen molar-refractivity contribution in [2.75, 3.05) is 5.32 Å². The predicted molar refractivity (Wildman–Crippen MR) is 111 cm³/mol. The zero-order valence-corrected chi connectivity index (χ0v) is 16.9. The van der Waals surface area contributed by atoms with E-state index in [2.05, 4.69) is 34.2 Å². The summed E-state index contributed by atoms with van der Waals surface area (Å²) in [5.74, 6) is 0.413. The number of benzene rings is 1. The lowest BCUT2D eigenvalue weighted by atomic mass is 10.1. The highest BCUT2D eigenvalue weighted by atomic mass is 32.2. The maximum atomic E-state index is 11.4. The second kappa shape index (κ2) is 6.98. The van der Waals surface area contributed by atoms with Crippen LogP contribution in [0.5, 0.6) is 0 Å². The van der Waals surface area contributed by atoms with Gasteiger partial charge in [-0.25, -0.2) is 13.9 Å². The van der Waals surface area contributed by atoms with Gasteiger partial charge < -0.3 is 5.32 Å². The monoisotopic (exact) mass is 412 g/mol. The van der Waals surface area contributed by atoms with Crippen molar-refractivity contribution in [3.8, 4) is 11.3 Å². The number of aromatic nitrogens is 5. The molecule has 0 aliphatic carbocycles. The molecule has 0 bridgehead atoms.